The van der Waals surface area contributed by atoms with E-state index in [4.69, 9.17) is 4.74 Å². The lowest BCUT2D eigenvalue weighted by atomic mass is 10.0. The summed E-state index contributed by atoms with van der Waals surface area (Å²) >= 11 is 0. The Balaban J connectivity index is 0.00000441. The first-order valence-electron chi connectivity index (χ1n) is 8.38. The van der Waals surface area contributed by atoms with Gasteiger partial charge in [-0.15, -0.1) is 24.0 Å². The molecule has 1 unspecified atom stereocenters. The lowest BCUT2D eigenvalue weighted by molar-refractivity contribution is 0.00752. The van der Waals surface area contributed by atoms with E-state index in [1.54, 1.807) is 0 Å². The largest absolute Gasteiger partial charge is 0.379 e. The number of ether oxygens (including phenoxy) is 1. The van der Waals surface area contributed by atoms with Crippen LogP contribution in [0.15, 0.2) is 4.99 Å². The molecule has 0 aromatic carbocycles. The van der Waals surface area contributed by atoms with Gasteiger partial charge < -0.3 is 15.4 Å². The van der Waals surface area contributed by atoms with E-state index < -0.39 is 0 Å². The third-order valence-corrected chi connectivity index (χ3v) is 3.72. The summed E-state index contributed by atoms with van der Waals surface area (Å²) in [5, 5.41) is 6.84. The van der Waals surface area contributed by atoms with Gasteiger partial charge in [-0.05, 0) is 18.8 Å². The van der Waals surface area contributed by atoms with E-state index >= 15 is 0 Å². The molecule has 1 fully saturated rings. The molecule has 6 heteroatoms. The Morgan fingerprint density at radius 1 is 1.14 bits per heavy atom. The van der Waals surface area contributed by atoms with Gasteiger partial charge in [0.05, 0.1) is 13.2 Å². The molecule has 0 bridgehead atoms. The van der Waals surface area contributed by atoms with Gasteiger partial charge in [-0.1, -0.05) is 27.7 Å². The van der Waals surface area contributed by atoms with Crippen molar-refractivity contribution in [2.24, 2.45) is 16.8 Å². The van der Waals surface area contributed by atoms with Crippen LogP contribution >= 0.6 is 24.0 Å². The Labute approximate surface area is 153 Å². The molecule has 1 aliphatic rings. The highest BCUT2D eigenvalue weighted by Crippen LogP contribution is 2.12. The van der Waals surface area contributed by atoms with Crippen LogP contribution < -0.4 is 10.6 Å². The highest BCUT2D eigenvalue weighted by atomic mass is 127. The molecule has 1 atom stereocenters. The van der Waals surface area contributed by atoms with Gasteiger partial charge in [-0.3, -0.25) is 9.89 Å². The quantitative estimate of drug-likeness (QED) is 0.372. The molecule has 22 heavy (non-hydrogen) atoms. The molecule has 1 rings (SSSR count). The lowest BCUT2D eigenvalue weighted by Gasteiger charge is -2.37. The highest BCUT2D eigenvalue weighted by molar-refractivity contribution is 14.0. The van der Waals surface area contributed by atoms with Crippen molar-refractivity contribution < 1.29 is 4.74 Å². The zero-order chi connectivity index (χ0) is 15.7. The number of halogens is 1. The summed E-state index contributed by atoms with van der Waals surface area (Å²) in [6.45, 7) is 17.5. The Morgan fingerprint density at radius 2 is 1.77 bits per heavy atom. The van der Waals surface area contributed by atoms with E-state index in [2.05, 4.69) is 55.1 Å². The van der Waals surface area contributed by atoms with Crippen molar-refractivity contribution in [1.82, 2.24) is 15.5 Å². The van der Waals surface area contributed by atoms with Gasteiger partial charge in [-0.2, -0.15) is 0 Å². The molecule has 1 heterocycles. The summed E-state index contributed by atoms with van der Waals surface area (Å²) in [5.41, 5.74) is 0. The maximum absolute atomic E-state index is 5.46. The van der Waals surface area contributed by atoms with Crippen LogP contribution in [0.1, 0.15) is 34.6 Å². The van der Waals surface area contributed by atoms with Crippen LogP contribution in [0, 0.1) is 11.8 Å². The Bertz CT molecular complexity index is 305. The molecule has 0 aromatic rings. The van der Waals surface area contributed by atoms with Crippen LogP contribution in [0.5, 0.6) is 0 Å². The fraction of sp³-hybridized carbons (Fsp3) is 0.938. The summed E-state index contributed by atoms with van der Waals surface area (Å²) in [5.74, 6) is 2.13. The Hall–Kier alpha value is -0.0800. The minimum absolute atomic E-state index is 0. The summed E-state index contributed by atoms with van der Waals surface area (Å²) in [6.07, 6.45) is 0. The zero-order valence-electron chi connectivity index (χ0n) is 14.9. The number of nitrogens with zero attached hydrogens (tertiary/aromatic N) is 2. The van der Waals surface area contributed by atoms with Gasteiger partial charge in [-0.25, -0.2) is 0 Å². The summed E-state index contributed by atoms with van der Waals surface area (Å²) in [4.78, 5) is 7.18. The predicted octanol–water partition coefficient (Wildman–Crippen LogP) is 2.17. The van der Waals surface area contributed by atoms with Crippen molar-refractivity contribution >= 4 is 29.9 Å². The molecule has 0 aliphatic carbocycles. The van der Waals surface area contributed by atoms with Crippen molar-refractivity contribution in [2.75, 3.05) is 45.9 Å². The maximum Gasteiger partial charge on any atom is 0.191 e. The first kappa shape index (κ1) is 21.9. The minimum Gasteiger partial charge on any atom is -0.379 e. The van der Waals surface area contributed by atoms with Crippen LogP contribution in [0.2, 0.25) is 0 Å². The Morgan fingerprint density at radius 3 is 2.27 bits per heavy atom. The molecule has 132 valence electrons. The molecule has 0 radical (unpaired) electrons. The fourth-order valence-electron chi connectivity index (χ4n) is 2.51. The van der Waals surface area contributed by atoms with Gasteiger partial charge in [0.25, 0.3) is 0 Å². The lowest BCUT2D eigenvalue weighted by Crippen LogP contribution is -2.52. The van der Waals surface area contributed by atoms with E-state index in [9.17, 15) is 0 Å². The van der Waals surface area contributed by atoms with Crippen molar-refractivity contribution in [2.45, 2.75) is 40.7 Å². The second-order valence-corrected chi connectivity index (χ2v) is 6.45. The SMILES string of the molecule is CCNC(=NCC(C)C)NCC(C(C)C)N1CCOCC1.I. The molecule has 1 aliphatic heterocycles. The van der Waals surface area contributed by atoms with Crippen LogP contribution in [0.3, 0.4) is 0 Å². The summed E-state index contributed by atoms with van der Waals surface area (Å²) in [7, 11) is 0. The second kappa shape index (κ2) is 12.4. The van der Waals surface area contributed by atoms with Gasteiger partial charge in [0.2, 0.25) is 0 Å². The van der Waals surface area contributed by atoms with E-state index in [-0.39, 0.29) is 24.0 Å². The monoisotopic (exact) mass is 426 g/mol. The van der Waals surface area contributed by atoms with Gasteiger partial charge in [0, 0.05) is 38.8 Å². The summed E-state index contributed by atoms with van der Waals surface area (Å²) in [6, 6.07) is 0.525. The fourth-order valence-corrected chi connectivity index (χ4v) is 2.51. The molecular formula is C16H35IN4O. The van der Waals surface area contributed by atoms with Crippen molar-refractivity contribution in [3.05, 3.63) is 0 Å². The molecule has 0 spiro atoms. The first-order chi connectivity index (χ1) is 10.0. The van der Waals surface area contributed by atoms with E-state index in [1.807, 2.05) is 0 Å². The molecule has 5 nitrogen and oxygen atoms in total. The average molecular weight is 426 g/mol. The molecule has 0 saturated carbocycles. The van der Waals surface area contributed by atoms with Crippen molar-refractivity contribution in [3.63, 3.8) is 0 Å². The number of hydrogen-bond donors (Lipinski definition) is 2. The maximum atomic E-state index is 5.46. The molecule has 0 aromatic heterocycles. The normalized spacial score (nSPS) is 18.2. The number of rotatable bonds is 7. The van der Waals surface area contributed by atoms with Gasteiger partial charge >= 0.3 is 0 Å². The number of hydrogen-bond acceptors (Lipinski definition) is 3. The van der Waals surface area contributed by atoms with Crippen molar-refractivity contribution in [3.8, 4) is 0 Å². The molecule has 1 saturated heterocycles. The van der Waals surface area contributed by atoms with Crippen LogP contribution in [-0.4, -0.2) is 62.8 Å². The number of guanidine groups is 1. The third kappa shape index (κ3) is 8.53. The smallest absolute Gasteiger partial charge is 0.191 e. The number of aliphatic imine (C=N–C) groups is 1. The third-order valence-electron chi connectivity index (χ3n) is 3.72. The molecular weight excluding hydrogens is 391 g/mol. The second-order valence-electron chi connectivity index (χ2n) is 6.45. The predicted molar refractivity (Wildman–Crippen MR) is 105 cm³/mol. The number of morpholine rings is 1. The molecule has 2 N–H and O–H groups in total. The Kier molecular flexibility index (Phi) is 12.3. The minimum atomic E-state index is 0. The van der Waals surface area contributed by atoms with Crippen molar-refractivity contribution in [1.29, 1.82) is 0 Å². The van der Waals surface area contributed by atoms with Crippen LogP contribution in [0.4, 0.5) is 0 Å². The van der Waals surface area contributed by atoms with Crippen LogP contribution in [0.25, 0.3) is 0 Å². The zero-order valence-corrected chi connectivity index (χ0v) is 17.2. The number of nitrogens with one attached hydrogen (secondary N) is 2. The summed E-state index contributed by atoms with van der Waals surface area (Å²) < 4.78 is 5.46. The van der Waals surface area contributed by atoms with Gasteiger partial charge in [0.15, 0.2) is 5.96 Å². The van der Waals surface area contributed by atoms with Crippen LogP contribution in [-0.2, 0) is 4.74 Å². The van der Waals surface area contributed by atoms with E-state index in [1.165, 1.54) is 0 Å². The average Bonchev–Trinajstić information content (AvgIpc) is 2.45. The standard InChI is InChI=1S/C16H34N4O.HI/c1-6-17-16(18-11-13(2)3)19-12-15(14(4)5)20-7-9-21-10-8-20;/h13-15H,6-12H2,1-5H3,(H2,17,18,19);1H. The first-order valence-corrected chi connectivity index (χ1v) is 8.38. The van der Waals surface area contributed by atoms with E-state index in [0.717, 1.165) is 51.9 Å². The van der Waals surface area contributed by atoms with E-state index in [0.29, 0.717) is 17.9 Å². The highest BCUT2D eigenvalue weighted by Gasteiger charge is 2.23. The van der Waals surface area contributed by atoms with Gasteiger partial charge in [0.1, 0.15) is 0 Å². The topological polar surface area (TPSA) is 48.9 Å². The molecule has 0 amide bonds.